The van der Waals surface area contributed by atoms with Crippen molar-refractivity contribution in [2.24, 2.45) is 7.05 Å². The summed E-state index contributed by atoms with van der Waals surface area (Å²) in [5.41, 5.74) is 2.79. The molecular weight excluding hydrogens is 216 g/mol. The zero-order chi connectivity index (χ0) is 12.4. The van der Waals surface area contributed by atoms with Gasteiger partial charge in [0.1, 0.15) is 11.4 Å². The van der Waals surface area contributed by atoms with Gasteiger partial charge in [-0.15, -0.1) is 0 Å². The average molecular weight is 232 g/mol. The fourth-order valence-corrected chi connectivity index (χ4v) is 1.63. The molecule has 0 aromatic carbocycles. The average Bonchev–Trinajstić information content (AvgIpc) is 2.56. The number of pyridine rings is 1. The van der Waals surface area contributed by atoms with Gasteiger partial charge >= 0.3 is 0 Å². The summed E-state index contributed by atoms with van der Waals surface area (Å²) in [6.07, 6.45) is 3.43. The number of aromatic nitrogens is 3. The molecule has 1 N–H and O–H groups in total. The van der Waals surface area contributed by atoms with Gasteiger partial charge in [0.15, 0.2) is 5.75 Å². The largest absolute Gasteiger partial charge is 0.452 e. The van der Waals surface area contributed by atoms with Gasteiger partial charge in [-0.1, -0.05) is 0 Å². The van der Waals surface area contributed by atoms with Gasteiger partial charge < -0.3 is 10.1 Å². The third-order valence-electron chi connectivity index (χ3n) is 2.66. The second-order valence-electron chi connectivity index (χ2n) is 3.88. The maximum Gasteiger partial charge on any atom is 0.171 e. The summed E-state index contributed by atoms with van der Waals surface area (Å²) < 4.78 is 7.62. The minimum absolute atomic E-state index is 0.705. The summed E-state index contributed by atoms with van der Waals surface area (Å²) >= 11 is 0. The van der Waals surface area contributed by atoms with Crippen molar-refractivity contribution in [2.45, 2.75) is 13.8 Å². The van der Waals surface area contributed by atoms with Crippen LogP contribution in [-0.2, 0) is 7.05 Å². The van der Waals surface area contributed by atoms with Gasteiger partial charge in [0.05, 0.1) is 23.8 Å². The highest BCUT2D eigenvalue weighted by molar-refractivity contribution is 5.46. The van der Waals surface area contributed by atoms with Gasteiger partial charge in [0, 0.05) is 20.2 Å². The summed E-state index contributed by atoms with van der Waals surface area (Å²) in [4.78, 5) is 4.10. The molecule has 0 saturated heterocycles. The van der Waals surface area contributed by atoms with Crippen molar-refractivity contribution in [3.8, 4) is 11.5 Å². The molecule has 0 spiro atoms. The number of ether oxygens (including phenoxy) is 1. The smallest absolute Gasteiger partial charge is 0.171 e. The van der Waals surface area contributed by atoms with E-state index in [1.807, 2.05) is 34.0 Å². The quantitative estimate of drug-likeness (QED) is 0.882. The zero-order valence-electron chi connectivity index (χ0n) is 10.5. The van der Waals surface area contributed by atoms with E-state index < -0.39 is 0 Å². The molecule has 0 radical (unpaired) electrons. The van der Waals surface area contributed by atoms with Crippen molar-refractivity contribution in [3.05, 3.63) is 29.8 Å². The summed E-state index contributed by atoms with van der Waals surface area (Å²) in [5.74, 6) is 1.50. The predicted molar refractivity (Wildman–Crippen MR) is 66.5 cm³/mol. The molecule has 2 aromatic rings. The van der Waals surface area contributed by atoms with E-state index >= 15 is 0 Å². The van der Waals surface area contributed by atoms with Crippen molar-refractivity contribution in [3.63, 3.8) is 0 Å². The molecule has 0 aliphatic rings. The van der Waals surface area contributed by atoms with E-state index in [0.29, 0.717) is 5.75 Å². The van der Waals surface area contributed by atoms with Crippen molar-refractivity contribution < 1.29 is 4.74 Å². The molecule has 90 valence electrons. The normalized spacial score (nSPS) is 10.4. The lowest BCUT2D eigenvalue weighted by molar-refractivity contribution is 0.472. The van der Waals surface area contributed by atoms with Crippen molar-refractivity contribution >= 4 is 5.69 Å². The van der Waals surface area contributed by atoms with E-state index in [1.54, 1.807) is 17.1 Å². The molecule has 0 aliphatic heterocycles. The van der Waals surface area contributed by atoms with Gasteiger partial charge in [-0.3, -0.25) is 9.67 Å². The van der Waals surface area contributed by atoms with Gasteiger partial charge in [0.2, 0.25) is 0 Å². The predicted octanol–water partition coefficient (Wildman–Crippen LogP) is 2.27. The molecule has 5 nitrogen and oxygen atoms in total. The van der Waals surface area contributed by atoms with Crippen LogP contribution >= 0.6 is 0 Å². The molecule has 5 heteroatoms. The third-order valence-corrected chi connectivity index (χ3v) is 2.66. The van der Waals surface area contributed by atoms with Gasteiger partial charge in [-0.05, 0) is 13.8 Å². The van der Waals surface area contributed by atoms with Crippen molar-refractivity contribution in [1.29, 1.82) is 0 Å². The van der Waals surface area contributed by atoms with Crippen LogP contribution in [0.15, 0.2) is 18.5 Å². The first-order valence-corrected chi connectivity index (χ1v) is 5.42. The van der Waals surface area contributed by atoms with Gasteiger partial charge in [0.25, 0.3) is 0 Å². The van der Waals surface area contributed by atoms with E-state index in [1.165, 1.54) is 0 Å². The molecule has 2 rings (SSSR count). The number of nitrogens with one attached hydrogen (secondary N) is 1. The monoisotopic (exact) mass is 232 g/mol. The Morgan fingerprint density at radius 1 is 1.29 bits per heavy atom. The number of rotatable bonds is 3. The first kappa shape index (κ1) is 11.4. The van der Waals surface area contributed by atoms with Crippen LogP contribution in [0.3, 0.4) is 0 Å². The lowest BCUT2D eigenvalue weighted by atomic mass is 10.3. The van der Waals surface area contributed by atoms with Crippen LogP contribution in [0.1, 0.15) is 11.4 Å². The van der Waals surface area contributed by atoms with E-state index in [9.17, 15) is 0 Å². The fourth-order valence-electron chi connectivity index (χ4n) is 1.63. The Balaban J connectivity index is 2.31. The topological polar surface area (TPSA) is 52.0 Å². The zero-order valence-corrected chi connectivity index (χ0v) is 10.5. The molecule has 0 unspecified atom stereocenters. The van der Waals surface area contributed by atoms with Crippen LogP contribution in [0.2, 0.25) is 0 Å². The minimum Gasteiger partial charge on any atom is -0.452 e. The highest BCUT2D eigenvalue weighted by Crippen LogP contribution is 2.28. The van der Waals surface area contributed by atoms with Gasteiger partial charge in [-0.25, -0.2) is 0 Å². The highest BCUT2D eigenvalue weighted by atomic mass is 16.5. The molecule has 2 aromatic heterocycles. The maximum atomic E-state index is 5.82. The Labute approximate surface area is 100 Å². The van der Waals surface area contributed by atoms with Crippen LogP contribution in [0.25, 0.3) is 0 Å². The Kier molecular flexibility index (Phi) is 2.99. The number of hydrogen-bond donors (Lipinski definition) is 1. The number of anilines is 1. The molecule has 0 fully saturated rings. The SMILES string of the molecule is CNc1cncc(Oc2c(C)nn(C)c2C)c1. The minimum atomic E-state index is 0.705. The van der Waals surface area contributed by atoms with E-state index in [-0.39, 0.29) is 0 Å². The molecule has 0 saturated carbocycles. The molecule has 0 bridgehead atoms. The van der Waals surface area contributed by atoms with Crippen LogP contribution in [0.5, 0.6) is 11.5 Å². The van der Waals surface area contributed by atoms with E-state index in [2.05, 4.69) is 15.4 Å². The Morgan fingerprint density at radius 2 is 2.06 bits per heavy atom. The molecule has 17 heavy (non-hydrogen) atoms. The van der Waals surface area contributed by atoms with Crippen LogP contribution < -0.4 is 10.1 Å². The lowest BCUT2D eigenvalue weighted by Gasteiger charge is -2.07. The summed E-state index contributed by atoms with van der Waals surface area (Å²) in [7, 11) is 3.75. The van der Waals surface area contributed by atoms with Crippen molar-refractivity contribution in [1.82, 2.24) is 14.8 Å². The molecule has 0 aliphatic carbocycles. The number of aryl methyl sites for hydroxylation is 2. The number of nitrogens with zero attached hydrogens (tertiary/aromatic N) is 3. The Hall–Kier alpha value is -2.04. The van der Waals surface area contributed by atoms with Gasteiger partial charge in [-0.2, -0.15) is 5.10 Å². The third kappa shape index (κ3) is 2.22. The second-order valence-corrected chi connectivity index (χ2v) is 3.88. The van der Waals surface area contributed by atoms with Crippen LogP contribution in [-0.4, -0.2) is 21.8 Å². The van der Waals surface area contributed by atoms with Crippen molar-refractivity contribution in [2.75, 3.05) is 12.4 Å². The van der Waals surface area contributed by atoms with E-state index in [4.69, 9.17) is 4.74 Å². The summed E-state index contributed by atoms with van der Waals surface area (Å²) in [5, 5.41) is 7.33. The second kappa shape index (κ2) is 4.45. The molecular formula is C12H16N4O. The summed E-state index contributed by atoms with van der Waals surface area (Å²) in [6, 6.07) is 1.90. The Morgan fingerprint density at radius 3 is 2.65 bits per heavy atom. The highest BCUT2D eigenvalue weighted by Gasteiger charge is 2.11. The fraction of sp³-hybridized carbons (Fsp3) is 0.333. The van der Waals surface area contributed by atoms with Crippen LogP contribution in [0, 0.1) is 13.8 Å². The van der Waals surface area contributed by atoms with Crippen LogP contribution in [0.4, 0.5) is 5.69 Å². The lowest BCUT2D eigenvalue weighted by Crippen LogP contribution is -1.94. The standard InChI is InChI=1S/C12H16N4O/c1-8-12(9(2)16(4)15-8)17-11-5-10(13-3)6-14-7-11/h5-7,13H,1-4H3. The molecule has 2 heterocycles. The van der Waals surface area contributed by atoms with E-state index in [0.717, 1.165) is 22.8 Å². The maximum absolute atomic E-state index is 5.82. The summed E-state index contributed by atoms with van der Waals surface area (Å²) in [6.45, 7) is 3.91. The first-order chi connectivity index (χ1) is 8.11. The first-order valence-electron chi connectivity index (χ1n) is 5.42. The molecule has 0 atom stereocenters. The molecule has 0 amide bonds. The Bertz CT molecular complexity index is 533. The number of hydrogen-bond acceptors (Lipinski definition) is 4.